The summed E-state index contributed by atoms with van der Waals surface area (Å²) in [6, 6.07) is 0. The van der Waals surface area contributed by atoms with E-state index in [1.54, 1.807) is 11.8 Å². The van der Waals surface area contributed by atoms with Gasteiger partial charge < -0.3 is 5.32 Å². The van der Waals surface area contributed by atoms with Crippen LogP contribution in [0.1, 0.15) is 59.3 Å². The summed E-state index contributed by atoms with van der Waals surface area (Å²) in [6.07, 6.45) is 6.99. The molecule has 4 heteroatoms. The molecule has 1 saturated heterocycles. The van der Waals surface area contributed by atoms with E-state index in [9.17, 15) is 4.79 Å². The van der Waals surface area contributed by atoms with Gasteiger partial charge in [-0.05, 0) is 33.1 Å². The highest BCUT2D eigenvalue weighted by Crippen LogP contribution is 2.37. The number of nitrogens with one attached hydrogen (secondary N) is 1. The number of amidine groups is 1. The maximum Gasteiger partial charge on any atom is 0.242 e. The largest absolute Gasteiger partial charge is 0.304 e. The minimum atomic E-state index is -0.316. The van der Waals surface area contributed by atoms with Crippen LogP contribution in [0.25, 0.3) is 0 Å². The zero-order chi connectivity index (χ0) is 12.5. The number of carbonyl (C=O) groups excluding carboxylic acids is 1. The predicted octanol–water partition coefficient (Wildman–Crippen LogP) is 3.10. The minimum absolute atomic E-state index is 0.0485. The van der Waals surface area contributed by atoms with Crippen molar-refractivity contribution in [1.29, 1.82) is 0 Å². The maximum atomic E-state index is 11.9. The number of amides is 1. The van der Waals surface area contributed by atoms with Crippen LogP contribution >= 0.6 is 11.8 Å². The Labute approximate surface area is 108 Å². The molecule has 17 heavy (non-hydrogen) atoms. The lowest BCUT2D eigenvalue weighted by molar-refractivity contribution is -0.121. The van der Waals surface area contributed by atoms with Gasteiger partial charge in [0, 0.05) is 0 Å². The van der Waals surface area contributed by atoms with Crippen molar-refractivity contribution in [3.63, 3.8) is 0 Å². The van der Waals surface area contributed by atoms with Crippen LogP contribution in [-0.2, 0) is 4.79 Å². The summed E-state index contributed by atoms with van der Waals surface area (Å²) in [7, 11) is 0. The molecule has 0 radical (unpaired) electrons. The Morgan fingerprint density at radius 3 is 2.47 bits per heavy atom. The monoisotopic (exact) mass is 254 g/mol. The molecular weight excluding hydrogens is 232 g/mol. The Morgan fingerprint density at radius 2 is 1.94 bits per heavy atom. The summed E-state index contributed by atoms with van der Waals surface area (Å²) < 4.78 is -0.316. The molecule has 1 atom stereocenters. The fourth-order valence-electron chi connectivity index (χ4n) is 2.47. The van der Waals surface area contributed by atoms with Crippen LogP contribution in [0.2, 0.25) is 0 Å². The first-order chi connectivity index (χ1) is 7.97. The summed E-state index contributed by atoms with van der Waals surface area (Å²) in [4.78, 5) is 16.7. The van der Waals surface area contributed by atoms with Crippen LogP contribution in [0.15, 0.2) is 4.99 Å². The molecule has 0 aromatic carbocycles. The molecule has 1 amide bonds. The van der Waals surface area contributed by atoms with Gasteiger partial charge in [-0.1, -0.05) is 37.9 Å². The van der Waals surface area contributed by atoms with Crippen molar-refractivity contribution in [2.24, 2.45) is 4.99 Å². The molecule has 3 nitrogen and oxygen atoms in total. The van der Waals surface area contributed by atoms with Crippen LogP contribution in [0.4, 0.5) is 0 Å². The highest BCUT2D eigenvalue weighted by atomic mass is 32.2. The van der Waals surface area contributed by atoms with Crippen molar-refractivity contribution in [2.75, 3.05) is 0 Å². The van der Waals surface area contributed by atoms with E-state index in [2.05, 4.69) is 19.2 Å². The van der Waals surface area contributed by atoms with Gasteiger partial charge in [-0.3, -0.25) is 9.79 Å². The molecule has 1 N–H and O–H groups in total. The molecule has 1 saturated carbocycles. The second kappa shape index (κ2) is 4.63. The number of aliphatic imine (C=N–C) groups is 1. The second-order valence-corrected chi connectivity index (χ2v) is 7.11. The smallest absolute Gasteiger partial charge is 0.242 e. The van der Waals surface area contributed by atoms with E-state index >= 15 is 0 Å². The van der Waals surface area contributed by atoms with Gasteiger partial charge in [-0.2, -0.15) is 0 Å². The summed E-state index contributed by atoms with van der Waals surface area (Å²) in [5.74, 6) is 0.114. The first kappa shape index (κ1) is 12.9. The molecule has 2 fully saturated rings. The third kappa shape index (κ3) is 2.67. The quantitative estimate of drug-likeness (QED) is 0.822. The van der Waals surface area contributed by atoms with Crippen molar-refractivity contribution < 1.29 is 4.79 Å². The molecule has 0 spiro atoms. The van der Waals surface area contributed by atoms with Crippen LogP contribution in [0.3, 0.4) is 0 Å². The summed E-state index contributed by atoms with van der Waals surface area (Å²) >= 11 is 1.60. The highest BCUT2D eigenvalue weighted by Gasteiger charge is 2.42. The van der Waals surface area contributed by atoms with E-state index in [1.165, 1.54) is 19.3 Å². The number of thioether (sulfide) groups is 1. The normalized spacial score (nSPS) is 35.0. The highest BCUT2D eigenvalue weighted by molar-refractivity contribution is 8.16. The Hall–Kier alpha value is -0.510. The number of hydrogen-bond donors (Lipinski definition) is 1. The van der Waals surface area contributed by atoms with Gasteiger partial charge in [0.25, 0.3) is 0 Å². The van der Waals surface area contributed by atoms with Crippen molar-refractivity contribution in [1.82, 2.24) is 5.32 Å². The van der Waals surface area contributed by atoms with E-state index in [-0.39, 0.29) is 16.2 Å². The van der Waals surface area contributed by atoms with Gasteiger partial charge in [0.15, 0.2) is 5.17 Å². The zero-order valence-electron chi connectivity index (χ0n) is 11.0. The third-order valence-corrected chi connectivity index (χ3v) is 5.31. The van der Waals surface area contributed by atoms with E-state index in [4.69, 9.17) is 4.99 Å². The fraction of sp³-hybridized carbons (Fsp3) is 0.846. The first-order valence-electron chi connectivity index (χ1n) is 6.58. The van der Waals surface area contributed by atoms with Crippen LogP contribution in [-0.4, -0.2) is 21.4 Å². The molecule has 0 unspecified atom stereocenters. The number of rotatable bonds is 2. The lowest BCUT2D eigenvalue weighted by Gasteiger charge is -2.29. The molecule has 2 rings (SSSR count). The molecular formula is C13H22N2OS. The van der Waals surface area contributed by atoms with E-state index in [1.807, 2.05) is 6.92 Å². The van der Waals surface area contributed by atoms with Crippen LogP contribution < -0.4 is 5.32 Å². The standard InChI is InChI=1S/C13H22N2OS/c1-4-13(3)10(16)14-11(17-13)15-12(2)8-6-5-7-9-12/h4-9H2,1-3H3,(H,14,15,16)/t13-/m0/s1. The molecule has 1 aliphatic carbocycles. The van der Waals surface area contributed by atoms with E-state index in [0.717, 1.165) is 24.4 Å². The van der Waals surface area contributed by atoms with Crippen molar-refractivity contribution in [3.8, 4) is 0 Å². The summed E-state index contributed by atoms with van der Waals surface area (Å²) in [5, 5.41) is 3.78. The molecule has 0 aromatic heterocycles. The van der Waals surface area contributed by atoms with Crippen molar-refractivity contribution >= 4 is 22.8 Å². The Balaban J connectivity index is 2.11. The Morgan fingerprint density at radius 1 is 1.29 bits per heavy atom. The molecule has 2 aliphatic rings. The van der Waals surface area contributed by atoms with Gasteiger partial charge in [0.05, 0.1) is 10.3 Å². The van der Waals surface area contributed by atoms with E-state index < -0.39 is 0 Å². The lowest BCUT2D eigenvalue weighted by atomic mass is 9.84. The number of hydrogen-bond acceptors (Lipinski definition) is 3. The molecule has 1 heterocycles. The minimum Gasteiger partial charge on any atom is -0.304 e. The van der Waals surface area contributed by atoms with Gasteiger partial charge in [0.1, 0.15) is 0 Å². The van der Waals surface area contributed by atoms with Crippen molar-refractivity contribution in [2.45, 2.75) is 69.6 Å². The predicted molar refractivity (Wildman–Crippen MR) is 73.4 cm³/mol. The van der Waals surface area contributed by atoms with Crippen LogP contribution in [0, 0.1) is 0 Å². The van der Waals surface area contributed by atoms with Gasteiger partial charge >= 0.3 is 0 Å². The average Bonchev–Trinajstić information content (AvgIpc) is 2.55. The SMILES string of the molecule is CC[C@]1(C)SC(=NC2(C)CCCCC2)NC1=O. The first-order valence-corrected chi connectivity index (χ1v) is 7.39. The number of carbonyl (C=O) groups is 1. The molecule has 0 aromatic rings. The maximum absolute atomic E-state index is 11.9. The van der Waals surface area contributed by atoms with E-state index in [0.29, 0.717) is 0 Å². The van der Waals surface area contributed by atoms with Crippen molar-refractivity contribution in [3.05, 3.63) is 0 Å². The second-order valence-electron chi connectivity index (χ2n) is 5.62. The Bertz CT molecular complexity index is 347. The molecule has 96 valence electrons. The van der Waals surface area contributed by atoms with Gasteiger partial charge in [0.2, 0.25) is 5.91 Å². The lowest BCUT2D eigenvalue weighted by Crippen LogP contribution is -2.34. The summed E-state index contributed by atoms with van der Waals surface area (Å²) in [6.45, 7) is 6.27. The summed E-state index contributed by atoms with van der Waals surface area (Å²) in [5.41, 5.74) is 0.0485. The van der Waals surface area contributed by atoms with Crippen LogP contribution in [0.5, 0.6) is 0 Å². The van der Waals surface area contributed by atoms with Gasteiger partial charge in [-0.15, -0.1) is 0 Å². The Kier molecular flexibility index (Phi) is 3.53. The average molecular weight is 254 g/mol. The fourth-order valence-corrected chi connectivity index (χ4v) is 3.59. The van der Waals surface area contributed by atoms with Gasteiger partial charge in [-0.25, -0.2) is 0 Å². The zero-order valence-corrected chi connectivity index (χ0v) is 11.8. The third-order valence-electron chi connectivity index (χ3n) is 4.00. The molecule has 1 aliphatic heterocycles. The topological polar surface area (TPSA) is 41.5 Å². The molecule has 0 bridgehead atoms. The number of nitrogens with zero attached hydrogens (tertiary/aromatic N) is 1.